The molecule has 132 valence electrons. The fraction of sp³-hybridized carbons (Fsp3) is 0.588. The second kappa shape index (κ2) is 7.42. The van der Waals surface area contributed by atoms with E-state index >= 15 is 0 Å². The zero-order chi connectivity index (χ0) is 17.0. The summed E-state index contributed by atoms with van der Waals surface area (Å²) < 4.78 is 28.5. The molecule has 3 rings (SSSR count). The molecule has 6 nitrogen and oxygen atoms in total. The van der Waals surface area contributed by atoms with Gasteiger partial charge in [-0.15, -0.1) is 0 Å². The van der Waals surface area contributed by atoms with Crippen LogP contribution >= 0.6 is 0 Å². The van der Waals surface area contributed by atoms with Gasteiger partial charge in [0.2, 0.25) is 0 Å². The Morgan fingerprint density at radius 2 is 2.00 bits per heavy atom. The molecule has 0 radical (unpaired) electrons. The highest BCUT2D eigenvalue weighted by molar-refractivity contribution is 7.91. The van der Waals surface area contributed by atoms with Crippen LogP contribution in [0.15, 0.2) is 29.3 Å². The molecule has 1 atom stereocenters. The maximum absolute atomic E-state index is 11.4. The molecule has 2 aliphatic heterocycles. The summed E-state index contributed by atoms with van der Waals surface area (Å²) in [6.45, 7) is 1.30. The second-order valence-corrected chi connectivity index (χ2v) is 8.83. The zero-order valence-corrected chi connectivity index (χ0v) is 14.6. The first kappa shape index (κ1) is 17.1. The largest absolute Gasteiger partial charge is 0.493 e. The van der Waals surface area contributed by atoms with E-state index < -0.39 is 9.84 Å². The monoisotopic (exact) mass is 351 g/mol. The summed E-state index contributed by atoms with van der Waals surface area (Å²) in [6.07, 6.45) is 3.24. The van der Waals surface area contributed by atoms with Crippen molar-refractivity contribution in [1.82, 2.24) is 5.32 Å². The van der Waals surface area contributed by atoms with Gasteiger partial charge < -0.3 is 15.8 Å². The first-order valence-corrected chi connectivity index (χ1v) is 10.3. The van der Waals surface area contributed by atoms with Crippen molar-refractivity contribution in [3.8, 4) is 5.75 Å². The van der Waals surface area contributed by atoms with Crippen LogP contribution in [0.4, 0.5) is 0 Å². The summed E-state index contributed by atoms with van der Waals surface area (Å²) in [6, 6.07) is 8.09. The average Bonchev–Trinajstić information content (AvgIpc) is 2.57. The van der Waals surface area contributed by atoms with Crippen molar-refractivity contribution >= 4 is 15.8 Å². The molecule has 0 saturated carbocycles. The van der Waals surface area contributed by atoms with Gasteiger partial charge >= 0.3 is 0 Å². The SMILES string of the molecule is NC(=NCCC1CCS(=O)(=O)CC1)NC1CCOc2ccccc21. The van der Waals surface area contributed by atoms with Gasteiger partial charge in [-0.05, 0) is 31.2 Å². The molecular formula is C17H25N3O3S. The third kappa shape index (κ3) is 4.41. The molecule has 24 heavy (non-hydrogen) atoms. The van der Waals surface area contributed by atoms with Crippen LogP contribution in [0.25, 0.3) is 0 Å². The maximum Gasteiger partial charge on any atom is 0.189 e. The van der Waals surface area contributed by atoms with Gasteiger partial charge in [-0.1, -0.05) is 18.2 Å². The normalized spacial score (nSPS) is 24.0. The lowest BCUT2D eigenvalue weighted by Gasteiger charge is -2.27. The fourth-order valence-corrected chi connectivity index (χ4v) is 4.90. The second-order valence-electron chi connectivity index (χ2n) is 6.52. The highest BCUT2D eigenvalue weighted by Crippen LogP contribution is 2.31. The standard InChI is InChI=1S/C17H25N3O3S/c18-17(19-9-5-13-7-11-24(21,22)12-8-13)20-15-6-10-23-16-4-2-1-3-14(15)16/h1-4,13,15H,5-12H2,(H3,18,19,20). The molecule has 1 aromatic carbocycles. The molecule has 1 fully saturated rings. The van der Waals surface area contributed by atoms with Crippen LogP contribution in [0.3, 0.4) is 0 Å². The Labute approximate surface area is 143 Å². The molecule has 0 aliphatic carbocycles. The number of para-hydroxylation sites is 1. The van der Waals surface area contributed by atoms with E-state index in [1.54, 1.807) is 0 Å². The molecule has 2 aliphatic rings. The number of nitrogens with zero attached hydrogens (tertiary/aromatic N) is 1. The lowest BCUT2D eigenvalue weighted by Crippen LogP contribution is -2.37. The van der Waals surface area contributed by atoms with Gasteiger partial charge in [0.15, 0.2) is 5.96 Å². The van der Waals surface area contributed by atoms with Crippen LogP contribution in [-0.4, -0.2) is 39.0 Å². The van der Waals surface area contributed by atoms with Crippen molar-refractivity contribution in [1.29, 1.82) is 0 Å². The van der Waals surface area contributed by atoms with E-state index in [0.717, 1.165) is 37.0 Å². The van der Waals surface area contributed by atoms with E-state index in [1.807, 2.05) is 24.3 Å². The lowest BCUT2D eigenvalue weighted by molar-refractivity contribution is 0.262. The van der Waals surface area contributed by atoms with Gasteiger partial charge in [-0.25, -0.2) is 8.42 Å². The number of ether oxygens (including phenoxy) is 1. The van der Waals surface area contributed by atoms with Crippen LogP contribution in [-0.2, 0) is 9.84 Å². The van der Waals surface area contributed by atoms with E-state index in [1.165, 1.54) is 0 Å². The molecule has 0 amide bonds. The Morgan fingerprint density at radius 3 is 2.79 bits per heavy atom. The van der Waals surface area contributed by atoms with Gasteiger partial charge in [-0.3, -0.25) is 4.99 Å². The summed E-state index contributed by atoms with van der Waals surface area (Å²) in [5, 5.41) is 3.28. The number of rotatable bonds is 4. The van der Waals surface area contributed by atoms with Crippen LogP contribution in [0.1, 0.15) is 37.3 Å². The summed E-state index contributed by atoms with van der Waals surface area (Å²) in [4.78, 5) is 4.41. The zero-order valence-electron chi connectivity index (χ0n) is 13.8. The van der Waals surface area contributed by atoms with Crippen LogP contribution < -0.4 is 15.8 Å². The number of benzene rings is 1. The Balaban J connectivity index is 1.49. The highest BCUT2D eigenvalue weighted by Gasteiger charge is 2.23. The minimum Gasteiger partial charge on any atom is -0.493 e. The van der Waals surface area contributed by atoms with Gasteiger partial charge in [0, 0.05) is 18.5 Å². The molecule has 1 aromatic rings. The molecular weight excluding hydrogens is 326 g/mol. The first-order valence-electron chi connectivity index (χ1n) is 8.52. The van der Waals surface area contributed by atoms with Gasteiger partial charge in [0.05, 0.1) is 24.2 Å². The number of sulfone groups is 1. The smallest absolute Gasteiger partial charge is 0.189 e. The fourth-order valence-electron chi connectivity index (χ4n) is 3.31. The molecule has 0 aromatic heterocycles. The van der Waals surface area contributed by atoms with Crippen molar-refractivity contribution in [3.05, 3.63) is 29.8 Å². The Kier molecular flexibility index (Phi) is 5.28. The first-order chi connectivity index (χ1) is 11.5. The molecule has 7 heteroatoms. The van der Waals surface area contributed by atoms with Gasteiger partial charge in [-0.2, -0.15) is 0 Å². The van der Waals surface area contributed by atoms with Crippen molar-refractivity contribution in [2.45, 2.75) is 31.7 Å². The quantitative estimate of drug-likeness (QED) is 0.635. The lowest BCUT2D eigenvalue weighted by atomic mass is 9.99. The number of aliphatic imine (C=N–C) groups is 1. The number of nitrogens with two attached hydrogens (primary N) is 1. The number of guanidine groups is 1. The van der Waals surface area contributed by atoms with Crippen LogP contribution in [0, 0.1) is 5.92 Å². The Hall–Kier alpha value is -1.76. The van der Waals surface area contributed by atoms with E-state index in [4.69, 9.17) is 10.5 Å². The molecule has 2 heterocycles. The molecule has 3 N–H and O–H groups in total. The number of hydrogen-bond acceptors (Lipinski definition) is 4. The number of hydrogen-bond donors (Lipinski definition) is 2. The van der Waals surface area contributed by atoms with E-state index in [9.17, 15) is 8.42 Å². The molecule has 0 spiro atoms. The summed E-state index contributed by atoms with van der Waals surface area (Å²) in [5.74, 6) is 2.41. The number of fused-ring (bicyclic) bond motifs is 1. The molecule has 1 saturated heterocycles. The summed E-state index contributed by atoms with van der Waals surface area (Å²) in [7, 11) is -2.79. The topological polar surface area (TPSA) is 93.8 Å². The third-order valence-corrected chi connectivity index (χ3v) is 6.49. The predicted molar refractivity (Wildman–Crippen MR) is 94.9 cm³/mol. The van der Waals surface area contributed by atoms with Crippen molar-refractivity contribution < 1.29 is 13.2 Å². The van der Waals surface area contributed by atoms with E-state index in [0.29, 0.717) is 36.5 Å². The minimum absolute atomic E-state index is 0.124. The molecule has 1 unspecified atom stereocenters. The summed E-state index contributed by atoms with van der Waals surface area (Å²) in [5.41, 5.74) is 7.13. The minimum atomic E-state index is -2.79. The number of nitrogens with one attached hydrogen (secondary N) is 1. The summed E-state index contributed by atoms with van der Waals surface area (Å²) >= 11 is 0. The predicted octanol–water partition coefficient (Wildman–Crippen LogP) is 1.63. The van der Waals surface area contributed by atoms with E-state index in [-0.39, 0.29) is 6.04 Å². The molecule has 0 bridgehead atoms. The van der Waals surface area contributed by atoms with E-state index in [2.05, 4.69) is 10.3 Å². The Bertz CT molecular complexity index is 689. The highest BCUT2D eigenvalue weighted by atomic mass is 32.2. The Morgan fingerprint density at radius 1 is 1.25 bits per heavy atom. The van der Waals surface area contributed by atoms with Crippen LogP contribution in [0.2, 0.25) is 0 Å². The van der Waals surface area contributed by atoms with Crippen molar-refractivity contribution in [2.75, 3.05) is 24.7 Å². The van der Waals surface area contributed by atoms with Crippen LogP contribution in [0.5, 0.6) is 5.75 Å². The van der Waals surface area contributed by atoms with Crippen molar-refractivity contribution in [3.63, 3.8) is 0 Å². The van der Waals surface area contributed by atoms with Gasteiger partial charge in [0.25, 0.3) is 0 Å². The van der Waals surface area contributed by atoms with Gasteiger partial charge in [0.1, 0.15) is 15.6 Å². The average molecular weight is 351 g/mol. The maximum atomic E-state index is 11.4. The third-order valence-electron chi connectivity index (χ3n) is 4.77. The van der Waals surface area contributed by atoms with Crippen molar-refractivity contribution in [2.24, 2.45) is 16.6 Å².